The zero-order valence-electron chi connectivity index (χ0n) is 5.04. The van der Waals surface area contributed by atoms with E-state index in [2.05, 4.69) is 15.9 Å². The van der Waals surface area contributed by atoms with Crippen LogP contribution in [0.1, 0.15) is 10.5 Å². The van der Waals surface area contributed by atoms with Gasteiger partial charge in [0.25, 0.3) is 5.91 Å². The summed E-state index contributed by atoms with van der Waals surface area (Å²) < 4.78 is 2.55. The minimum atomic E-state index is 0.0284. The molecular formula is C7H4BrNO. The van der Waals surface area contributed by atoms with E-state index in [1.165, 1.54) is 0 Å². The SMILES string of the molecule is O=C1C=Cc2cc(Br)cn21. The van der Waals surface area contributed by atoms with Crippen molar-refractivity contribution in [2.45, 2.75) is 0 Å². The molecular weight excluding hydrogens is 194 g/mol. The van der Waals surface area contributed by atoms with Crippen molar-refractivity contribution in [3.63, 3.8) is 0 Å². The maximum Gasteiger partial charge on any atom is 0.255 e. The average molecular weight is 198 g/mol. The number of hydrogen-bond donors (Lipinski definition) is 0. The molecule has 2 nitrogen and oxygen atoms in total. The number of fused-ring (bicyclic) bond motifs is 1. The van der Waals surface area contributed by atoms with Gasteiger partial charge in [-0.2, -0.15) is 0 Å². The summed E-state index contributed by atoms with van der Waals surface area (Å²) in [4.78, 5) is 10.9. The lowest BCUT2D eigenvalue weighted by Crippen LogP contribution is -2.00. The normalized spacial score (nSPS) is 14.3. The number of carbonyl (C=O) groups excluding carboxylic acids is 1. The van der Waals surface area contributed by atoms with E-state index < -0.39 is 0 Å². The van der Waals surface area contributed by atoms with Crippen LogP contribution in [-0.4, -0.2) is 10.5 Å². The maximum absolute atomic E-state index is 10.9. The number of rotatable bonds is 0. The average Bonchev–Trinajstić information content (AvgIpc) is 2.35. The van der Waals surface area contributed by atoms with Gasteiger partial charge in [-0.15, -0.1) is 0 Å². The topological polar surface area (TPSA) is 22.0 Å². The van der Waals surface area contributed by atoms with Crippen molar-refractivity contribution in [1.82, 2.24) is 4.57 Å². The zero-order valence-corrected chi connectivity index (χ0v) is 6.63. The van der Waals surface area contributed by atoms with Gasteiger partial charge in [-0.1, -0.05) is 0 Å². The molecule has 0 spiro atoms. The van der Waals surface area contributed by atoms with Crippen LogP contribution in [0.4, 0.5) is 0 Å². The Labute approximate surface area is 66.3 Å². The van der Waals surface area contributed by atoms with Crippen LogP contribution in [0.15, 0.2) is 22.8 Å². The summed E-state index contributed by atoms with van der Waals surface area (Å²) >= 11 is 3.28. The Bertz CT molecular complexity index is 324. The van der Waals surface area contributed by atoms with Gasteiger partial charge in [-0.3, -0.25) is 9.36 Å². The Morgan fingerprint density at radius 3 is 2.90 bits per heavy atom. The minimum Gasteiger partial charge on any atom is -0.283 e. The Morgan fingerprint density at radius 2 is 2.20 bits per heavy atom. The highest BCUT2D eigenvalue weighted by molar-refractivity contribution is 9.10. The molecule has 1 aromatic heterocycles. The molecule has 0 fully saturated rings. The van der Waals surface area contributed by atoms with Gasteiger partial charge in [-0.05, 0) is 28.1 Å². The quantitative estimate of drug-likeness (QED) is 0.624. The molecule has 2 rings (SSSR count). The van der Waals surface area contributed by atoms with Gasteiger partial charge < -0.3 is 0 Å². The highest BCUT2D eigenvalue weighted by Gasteiger charge is 2.11. The van der Waals surface area contributed by atoms with E-state index in [-0.39, 0.29) is 5.91 Å². The van der Waals surface area contributed by atoms with Crippen LogP contribution in [0.5, 0.6) is 0 Å². The standard InChI is InChI=1S/C7H4BrNO/c8-5-3-6-1-2-7(10)9(6)4-5/h1-4H. The summed E-state index contributed by atoms with van der Waals surface area (Å²) in [6.45, 7) is 0. The molecule has 50 valence electrons. The lowest BCUT2D eigenvalue weighted by atomic mass is 10.4. The number of aromatic nitrogens is 1. The van der Waals surface area contributed by atoms with Gasteiger partial charge in [0.1, 0.15) is 0 Å². The molecule has 0 radical (unpaired) electrons. The van der Waals surface area contributed by atoms with Crippen LogP contribution in [0.2, 0.25) is 0 Å². The van der Waals surface area contributed by atoms with Crippen molar-refractivity contribution in [2.75, 3.05) is 0 Å². The van der Waals surface area contributed by atoms with Crippen molar-refractivity contribution < 1.29 is 4.79 Å². The molecule has 0 bridgehead atoms. The van der Waals surface area contributed by atoms with E-state index in [9.17, 15) is 4.79 Å². The molecule has 1 aliphatic heterocycles. The molecule has 0 aliphatic carbocycles. The third-order valence-electron chi connectivity index (χ3n) is 1.45. The van der Waals surface area contributed by atoms with Crippen molar-refractivity contribution in [2.24, 2.45) is 0 Å². The third-order valence-corrected chi connectivity index (χ3v) is 1.88. The van der Waals surface area contributed by atoms with Gasteiger partial charge in [0.15, 0.2) is 0 Å². The Morgan fingerprint density at radius 1 is 1.40 bits per heavy atom. The Balaban J connectivity index is 2.68. The van der Waals surface area contributed by atoms with Crippen LogP contribution < -0.4 is 0 Å². The van der Waals surface area contributed by atoms with Crippen molar-refractivity contribution >= 4 is 27.9 Å². The van der Waals surface area contributed by atoms with E-state index in [1.807, 2.05) is 6.07 Å². The Hall–Kier alpha value is -0.830. The molecule has 2 heterocycles. The minimum absolute atomic E-state index is 0.0284. The monoisotopic (exact) mass is 197 g/mol. The summed E-state index contributed by atoms with van der Waals surface area (Å²) in [5, 5.41) is 0. The highest BCUT2D eigenvalue weighted by atomic mass is 79.9. The molecule has 1 aliphatic rings. The van der Waals surface area contributed by atoms with Crippen molar-refractivity contribution in [1.29, 1.82) is 0 Å². The fourth-order valence-corrected chi connectivity index (χ4v) is 1.44. The van der Waals surface area contributed by atoms with E-state index in [0.29, 0.717) is 0 Å². The van der Waals surface area contributed by atoms with Gasteiger partial charge in [0, 0.05) is 22.4 Å². The van der Waals surface area contributed by atoms with Gasteiger partial charge in [0.2, 0.25) is 0 Å². The van der Waals surface area contributed by atoms with Crippen LogP contribution in [0, 0.1) is 0 Å². The second kappa shape index (κ2) is 1.83. The molecule has 10 heavy (non-hydrogen) atoms. The second-order valence-electron chi connectivity index (χ2n) is 2.12. The van der Waals surface area contributed by atoms with Gasteiger partial charge in [0.05, 0.1) is 0 Å². The van der Waals surface area contributed by atoms with Crippen LogP contribution in [0.25, 0.3) is 6.08 Å². The highest BCUT2D eigenvalue weighted by Crippen LogP contribution is 2.19. The van der Waals surface area contributed by atoms with Crippen LogP contribution in [-0.2, 0) is 0 Å². The number of carbonyl (C=O) groups is 1. The van der Waals surface area contributed by atoms with E-state index in [0.717, 1.165) is 10.2 Å². The number of allylic oxidation sites excluding steroid dienone is 1. The molecule has 0 atom stereocenters. The fourth-order valence-electron chi connectivity index (χ4n) is 1.00. The first-order valence-corrected chi connectivity index (χ1v) is 3.67. The number of nitrogens with zero attached hydrogens (tertiary/aromatic N) is 1. The molecule has 0 amide bonds. The lowest BCUT2D eigenvalue weighted by Gasteiger charge is -1.89. The predicted octanol–water partition coefficient (Wildman–Crippen LogP) is 1.92. The molecule has 3 heteroatoms. The first-order chi connectivity index (χ1) is 4.77. The molecule has 1 aromatic rings. The third kappa shape index (κ3) is 0.671. The van der Waals surface area contributed by atoms with Gasteiger partial charge in [-0.25, -0.2) is 0 Å². The number of hydrogen-bond acceptors (Lipinski definition) is 1. The maximum atomic E-state index is 10.9. The Kier molecular flexibility index (Phi) is 1.08. The number of halogens is 1. The molecule has 0 aromatic carbocycles. The first-order valence-electron chi connectivity index (χ1n) is 2.88. The van der Waals surface area contributed by atoms with E-state index in [1.54, 1.807) is 22.9 Å². The zero-order chi connectivity index (χ0) is 7.14. The summed E-state index contributed by atoms with van der Waals surface area (Å²) in [6, 6.07) is 1.90. The molecule has 0 saturated carbocycles. The lowest BCUT2D eigenvalue weighted by molar-refractivity contribution is 0.0974. The fraction of sp³-hybridized carbons (Fsp3) is 0. The first kappa shape index (κ1) is 5.92. The van der Waals surface area contributed by atoms with E-state index in [4.69, 9.17) is 0 Å². The summed E-state index contributed by atoms with van der Waals surface area (Å²) in [5.74, 6) is 0.0284. The largest absolute Gasteiger partial charge is 0.283 e. The molecule has 0 N–H and O–H groups in total. The van der Waals surface area contributed by atoms with Crippen molar-refractivity contribution in [3.8, 4) is 0 Å². The van der Waals surface area contributed by atoms with Crippen LogP contribution in [0.3, 0.4) is 0 Å². The van der Waals surface area contributed by atoms with E-state index >= 15 is 0 Å². The van der Waals surface area contributed by atoms with Crippen molar-refractivity contribution in [3.05, 3.63) is 28.5 Å². The summed E-state index contributed by atoms with van der Waals surface area (Å²) in [5.41, 5.74) is 0.942. The van der Waals surface area contributed by atoms with Crippen LogP contribution >= 0.6 is 15.9 Å². The van der Waals surface area contributed by atoms with Gasteiger partial charge >= 0.3 is 0 Å². The molecule has 0 saturated heterocycles. The molecule has 0 unspecified atom stereocenters. The summed E-state index contributed by atoms with van der Waals surface area (Å²) in [6.07, 6.45) is 5.12. The smallest absolute Gasteiger partial charge is 0.255 e. The second-order valence-corrected chi connectivity index (χ2v) is 3.04. The predicted molar refractivity (Wildman–Crippen MR) is 41.8 cm³/mol. The summed E-state index contributed by atoms with van der Waals surface area (Å²) in [7, 11) is 0.